The van der Waals surface area contributed by atoms with Crippen LogP contribution in [0.15, 0.2) is 48.6 Å². The van der Waals surface area contributed by atoms with E-state index in [-0.39, 0.29) is 0 Å². The molecule has 0 saturated heterocycles. The molecule has 0 unspecified atom stereocenters. The molecule has 26 heavy (non-hydrogen) atoms. The first-order valence-corrected chi connectivity index (χ1v) is 8.25. The van der Waals surface area contributed by atoms with Crippen molar-refractivity contribution in [3.63, 3.8) is 0 Å². The number of carboxylic acid groups (broad SMARTS) is 2. The summed E-state index contributed by atoms with van der Waals surface area (Å²) in [4.78, 5) is 21.5. The number of phenols is 1. The number of phenolic OH excluding ortho intramolecular Hbond substituents is 1. The Hall–Kier alpha value is -2.86. The molecule has 0 bridgehead atoms. The molecule has 0 fully saturated rings. The van der Waals surface area contributed by atoms with Gasteiger partial charge in [0.15, 0.2) is 0 Å². The molecule has 0 spiro atoms. The van der Waals surface area contributed by atoms with Gasteiger partial charge in [0, 0.05) is 24.7 Å². The molecule has 3 N–H and O–H groups in total. The van der Waals surface area contributed by atoms with E-state index in [4.69, 9.17) is 10.2 Å². The Morgan fingerprint density at radius 1 is 1.08 bits per heavy atom. The summed E-state index contributed by atoms with van der Waals surface area (Å²) in [6, 6.07) is 12.5. The van der Waals surface area contributed by atoms with Crippen LogP contribution in [0, 0.1) is 0 Å². The monoisotopic (exact) mass is 359 g/mol. The van der Waals surface area contributed by atoms with Gasteiger partial charge in [-0.15, -0.1) is 0 Å². The van der Waals surface area contributed by atoms with Gasteiger partial charge in [-0.1, -0.05) is 24.3 Å². The number of fused-ring (bicyclic) bond motifs is 1. The molecule has 0 aliphatic heterocycles. The molecular weight excluding hydrogens is 334 g/mol. The van der Waals surface area contributed by atoms with Crippen LogP contribution >= 0.6 is 0 Å². The third-order valence-corrected chi connectivity index (χ3v) is 3.94. The molecule has 2 aromatic rings. The van der Waals surface area contributed by atoms with E-state index >= 15 is 0 Å². The molecule has 0 atom stereocenters. The lowest BCUT2D eigenvalue weighted by Crippen LogP contribution is -2.28. The largest absolute Gasteiger partial charge is 0.508 e. The molecule has 6 nitrogen and oxygen atoms in total. The van der Waals surface area contributed by atoms with Crippen LogP contribution in [0.5, 0.6) is 5.75 Å². The second-order valence-electron chi connectivity index (χ2n) is 6.16. The van der Waals surface area contributed by atoms with Gasteiger partial charge in [0.1, 0.15) is 5.75 Å². The Bertz CT molecular complexity index is 767. The van der Waals surface area contributed by atoms with E-state index in [1.807, 2.05) is 18.2 Å². The zero-order valence-electron chi connectivity index (χ0n) is 15.2. The number of carbonyl (C=O) groups is 2. The molecule has 0 saturated carbocycles. The van der Waals surface area contributed by atoms with Gasteiger partial charge in [0.2, 0.25) is 0 Å². The molecule has 140 valence electrons. The standard InChI is InChI=1S/C16H21NO.C4H4O4/c1-12(2)17(3)10-9-13-5-4-6-14-11-15(18)7-8-16(13)14;5-3(6)1-2-4(7)8/h4-8,11-12,18H,9-10H2,1-3H3;1-2H,(H,5,6)(H,7,8)/b;2-1+. The van der Waals surface area contributed by atoms with Gasteiger partial charge in [0.25, 0.3) is 0 Å². The van der Waals surface area contributed by atoms with Crippen molar-refractivity contribution in [3.05, 3.63) is 54.1 Å². The maximum Gasteiger partial charge on any atom is 0.328 e. The second-order valence-corrected chi connectivity index (χ2v) is 6.16. The highest BCUT2D eigenvalue weighted by Gasteiger charge is 2.06. The molecular formula is C20H25NO5. The lowest BCUT2D eigenvalue weighted by Gasteiger charge is -2.21. The average Bonchev–Trinajstić information content (AvgIpc) is 2.57. The fourth-order valence-electron chi connectivity index (χ4n) is 2.25. The minimum atomic E-state index is -1.26. The van der Waals surface area contributed by atoms with E-state index < -0.39 is 11.9 Å². The van der Waals surface area contributed by atoms with Crippen molar-refractivity contribution in [1.29, 1.82) is 0 Å². The van der Waals surface area contributed by atoms with Crippen molar-refractivity contribution in [1.82, 2.24) is 4.90 Å². The molecule has 2 aromatic carbocycles. The van der Waals surface area contributed by atoms with Gasteiger partial charge in [0.05, 0.1) is 0 Å². The van der Waals surface area contributed by atoms with Crippen LogP contribution < -0.4 is 0 Å². The quantitative estimate of drug-likeness (QED) is 0.686. The summed E-state index contributed by atoms with van der Waals surface area (Å²) in [7, 11) is 2.15. The van der Waals surface area contributed by atoms with Crippen LogP contribution in [-0.4, -0.2) is 51.8 Å². The van der Waals surface area contributed by atoms with Gasteiger partial charge in [-0.05, 0) is 55.8 Å². The Morgan fingerprint density at radius 3 is 2.23 bits per heavy atom. The van der Waals surface area contributed by atoms with Crippen LogP contribution in [0.1, 0.15) is 19.4 Å². The number of aromatic hydroxyl groups is 1. The first-order valence-electron chi connectivity index (χ1n) is 8.25. The zero-order valence-corrected chi connectivity index (χ0v) is 15.2. The predicted octanol–water partition coefficient (Wildman–Crippen LogP) is 3.14. The second kappa shape index (κ2) is 10.2. The first-order chi connectivity index (χ1) is 12.2. The minimum Gasteiger partial charge on any atom is -0.508 e. The number of carboxylic acids is 2. The minimum absolute atomic E-state index is 0.332. The lowest BCUT2D eigenvalue weighted by molar-refractivity contribution is -0.134. The summed E-state index contributed by atoms with van der Waals surface area (Å²) < 4.78 is 0. The van der Waals surface area contributed by atoms with E-state index in [9.17, 15) is 14.7 Å². The lowest BCUT2D eigenvalue weighted by atomic mass is 10.0. The van der Waals surface area contributed by atoms with Crippen LogP contribution in [0.2, 0.25) is 0 Å². The van der Waals surface area contributed by atoms with Crippen LogP contribution in [0.25, 0.3) is 10.8 Å². The number of aliphatic carboxylic acids is 2. The van der Waals surface area contributed by atoms with Crippen LogP contribution in [0.4, 0.5) is 0 Å². The molecule has 0 aromatic heterocycles. The Balaban J connectivity index is 0.000000359. The summed E-state index contributed by atoms with van der Waals surface area (Å²) in [5.41, 5.74) is 1.35. The number of nitrogens with zero attached hydrogens (tertiary/aromatic N) is 1. The van der Waals surface area contributed by atoms with Gasteiger partial charge in [-0.25, -0.2) is 9.59 Å². The van der Waals surface area contributed by atoms with Crippen molar-refractivity contribution in [2.45, 2.75) is 26.3 Å². The van der Waals surface area contributed by atoms with E-state index in [1.165, 1.54) is 10.9 Å². The zero-order chi connectivity index (χ0) is 19.7. The first kappa shape index (κ1) is 21.2. The van der Waals surface area contributed by atoms with Crippen molar-refractivity contribution >= 4 is 22.7 Å². The summed E-state index contributed by atoms with van der Waals surface area (Å²) in [6.45, 7) is 5.47. The summed E-state index contributed by atoms with van der Waals surface area (Å²) in [5, 5.41) is 27.5. The van der Waals surface area contributed by atoms with E-state index in [0.29, 0.717) is 23.9 Å². The van der Waals surface area contributed by atoms with Crippen LogP contribution in [0.3, 0.4) is 0 Å². The number of benzene rings is 2. The number of rotatable bonds is 6. The normalized spacial score (nSPS) is 11.0. The molecule has 0 aliphatic rings. The summed E-state index contributed by atoms with van der Waals surface area (Å²) in [5.74, 6) is -2.18. The molecule has 0 radical (unpaired) electrons. The smallest absolute Gasteiger partial charge is 0.328 e. The molecule has 2 rings (SSSR count). The van der Waals surface area contributed by atoms with Crippen molar-refractivity contribution in [3.8, 4) is 5.75 Å². The third kappa shape index (κ3) is 7.36. The van der Waals surface area contributed by atoms with E-state index in [1.54, 1.807) is 6.07 Å². The summed E-state index contributed by atoms with van der Waals surface area (Å²) in [6.07, 6.45) is 2.15. The highest BCUT2D eigenvalue weighted by Crippen LogP contribution is 2.23. The van der Waals surface area contributed by atoms with Crippen molar-refractivity contribution < 1.29 is 24.9 Å². The summed E-state index contributed by atoms with van der Waals surface area (Å²) >= 11 is 0. The third-order valence-electron chi connectivity index (χ3n) is 3.94. The fraction of sp³-hybridized carbons (Fsp3) is 0.300. The maximum atomic E-state index is 9.55. The van der Waals surface area contributed by atoms with E-state index in [0.717, 1.165) is 18.4 Å². The highest BCUT2D eigenvalue weighted by molar-refractivity contribution is 5.89. The number of hydrogen-bond acceptors (Lipinski definition) is 4. The molecule has 0 aliphatic carbocycles. The van der Waals surface area contributed by atoms with Gasteiger partial charge < -0.3 is 20.2 Å². The fourth-order valence-corrected chi connectivity index (χ4v) is 2.25. The molecule has 0 amide bonds. The van der Waals surface area contributed by atoms with Gasteiger partial charge >= 0.3 is 11.9 Å². The van der Waals surface area contributed by atoms with Crippen LogP contribution in [-0.2, 0) is 16.0 Å². The van der Waals surface area contributed by atoms with Gasteiger partial charge in [-0.2, -0.15) is 0 Å². The van der Waals surface area contributed by atoms with Crippen molar-refractivity contribution in [2.75, 3.05) is 13.6 Å². The number of likely N-dealkylation sites (N-methyl/N-ethyl adjacent to an activating group) is 1. The Kier molecular flexibility index (Phi) is 8.31. The Labute approximate surface area is 153 Å². The van der Waals surface area contributed by atoms with E-state index in [2.05, 4.69) is 37.9 Å². The predicted molar refractivity (Wildman–Crippen MR) is 101 cm³/mol. The molecule has 6 heteroatoms. The highest BCUT2D eigenvalue weighted by atomic mass is 16.4. The SMILES string of the molecule is CC(C)N(C)CCc1cccc2cc(O)ccc12.O=C(O)/C=C/C(=O)O. The molecule has 0 heterocycles. The maximum absolute atomic E-state index is 9.55. The Morgan fingerprint density at radius 2 is 1.69 bits per heavy atom. The average molecular weight is 359 g/mol. The topological polar surface area (TPSA) is 98.1 Å². The van der Waals surface area contributed by atoms with Gasteiger partial charge in [-0.3, -0.25) is 0 Å². The van der Waals surface area contributed by atoms with Crippen molar-refractivity contribution in [2.24, 2.45) is 0 Å². The number of hydrogen-bond donors (Lipinski definition) is 3.